The van der Waals surface area contributed by atoms with Crippen LogP contribution >= 0.6 is 34.5 Å². The summed E-state index contributed by atoms with van der Waals surface area (Å²) in [5, 5.41) is 7.18. The van der Waals surface area contributed by atoms with Crippen molar-refractivity contribution in [2.24, 2.45) is 5.92 Å². The standard InChI is InChI=1S/C23H25Cl2N3S/c1-4-18-22(15-8-7-14(24)12-17(15)25)26-19(5-2)23(27-18)28-21-13(3)6-9-20-16(21)10-11-29-20/h7-8,10-13,21H,4-6,9H2,1-3H3,(H,27,28)/t13-,21+/m0/s1. The van der Waals surface area contributed by atoms with Gasteiger partial charge in [0.1, 0.15) is 5.82 Å². The Morgan fingerprint density at radius 1 is 1.10 bits per heavy atom. The molecule has 0 bridgehead atoms. The molecule has 0 aliphatic heterocycles. The van der Waals surface area contributed by atoms with Gasteiger partial charge in [-0.05, 0) is 66.8 Å². The fourth-order valence-electron chi connectivity index (χ4n) is 4.04. The molecule has 1 aliphatic carbocycles. The highest BCUT2D eigenvalue weighted by Gasteiger charge is 2.29. The summed E-state index contributed by atoms with van der Waals surface area (Å²) in [6.07, 6.45) is 3.95. The normalized spacial score (nSPS) is 18.5. The van der Waals surface area contributed by atoms with E-state index in [1.807, 2.05) is 23.5 Å². The average Bonchev–Trinajstić information content (AvgIpc) is 3.19. The van der Waals surface area contributed by atoms with Crippen molar-refractivity contribution in [3.8, 4) is 11.3 Å². The highest BCUT2D eigenvalue weighted by atomic mass is 35.5. The number of nitrogens with one attached hydrogen (secondary N) is 1. The van der Waals surface area contributed by atoms with E-state index in [-0.39, 0.29) is 6.04 Å². The van der Waals surface area contributed by atoms with Gasteiger partial charge in [0.25, 0.3) is 0 Å². The summed E-state index contributed by atoms with van der Waals surface area (Å²) >= 11 is 14.4. The summed E-state index contributed by atoms with van der Waals surface area (Å²) in [5.41, 5.74) is 5.07. The first kappa shape index (κ1) is 20.6. The van der Waals surface area contributed by atoms with Gasteiger partial charge < -0.3 is 5.32 Å². The molecule has 0 unspecified atom stereocenters. The second-order valence-corrected chi connectivity index (χ2v) is 9.43. The lowest BCUT2D eigenvalue weighted by atomic mass is 9.85. The Morgan fingerprint density at radius 3 is 2.62 bits per heavy atom. The fraction of sp³-hybridized carbons (Fsp3) is 0.391. The zero-order valence-electron chi connectivity index (χ0n) is 16.9. The van der Waals surface area contributed by atoms with E-state index in [0.717, 1.165) is 41.3 Å². The number of fused-ring (bicyclic) bond motifs is 1. The van der Waals surface area contributed by atoms with Gasteiger partial charge in [0, 0.05) is 15.5 Å². The zero-order chi connectivity index (χ0) is 20.5. The molecule has 3 aromatic rings. The van der Waals surface area contributed by atoms with Crippen LogP contribution in [0.3, 0.4) is 0 Å². The Morgan fingerprint density at radius 2 is 1.90 bits per heavy atom. The molecule has 152 valence electrons. The van der Waals surface area contributed by atoms with Crippen LogP contribution in [-0.2, 0) is 19.3 Å². The van der Waals surface area contributed by atoms with Gasteiger partial charge in [-0.3, -0.25) is 0 Å². The quantitative estimate of drug-likeness (QED) is 0.445. The number of nitrogens with zero attached hydrogens (tertiary/aromatic N) is 2. The maximum Gasteiger partial charge on any atom is 0.148 e. The van der Waals surface area contributed by atoms with Crippen molar-refractivity contribution >= 4 is 40.4 Å². The van der Waals surface area contributed by atoms with Crippen molar-refractivity contribution in [2.45, 2.75) is 52.5 Å². The van der Waals surface area contributed by atoms with Crippen LogP contribution in [0.2, 0.25) is 10.0 Å². The molecule has 0 radical (unpaired) electrons. The van der Waals surface area contributed by atoms with Crippen LogP contribution in [0.1, 0.15) is 55.1 Å². The predicted molar refractivity (Wildman–Crippen MR) is 124 cm³/mol. The number of aromatic nitrogens is 2. The molecule has 0 amide bonds. The maximum absolute atomic E-state index is 6.48. The molecular weight excluding hydrogens is 421 g/mol. The second-order valence-electron chi connectivity index (χ2n) is 7.58. The Balaban J connectivity index is 1.76. The monoisotopic (exact) mass is 445 g/mol. The van der Waals surface area contributed by atoms with Crippen LogP contribution in [0.25, 0.3) is 11.3 Å². The predicted octanol–water partition coefficient (Wildman–Crippen LogP) is 7.37. The maximum atomic E-state index is 6.48. The highest BCUT2D eigenvalue weighted by Crippen LogP contribution is 2.40. The molecule has 1 aromatic carbocycles. The first-order valence-electron chi connectivity index (χ1n) is 10.2. The summed E-state index contributed by atoms with van der Waals surface area (Å²) in [6.45, 7) is 6.54. The molecule has 1 N–H and O–H groups in total. The Bertz CT molecular complexity index is 1030. The van der Waals surface area contributed by atoms with Crippen LogP contribution in [-0.4, -0.2) is 9.97 Å². The third-order valence-electron chi connectivity index (χ3n) is 5.70. The number of thiophene rings is 1. The lowest BCUT2D eigenvalue weighted by molar-refractivity contribution is 0.437. The van der Waals surface area contributed by atoms with E-state index >= 15 is 0 Å². The van der Waals surface area contributed by atoms with Crippen molar-refractivity contribution in [1.82, 2.24) is 9.97 Å². The van der Waals surface area contributed by atoms with Crippen molar-refractivity contribution in [1.29, 1.82) is 0 Å². The van der Waals surface area contributed by atoms with Crippen LogP contribution < -0.4 is 5.32 Å². The van der Waals surface area contributed by atoms with Crippen molar-refractivity contribution in [3.63, 3.8) is 0 Å². The molecule has 3 nitrogen and oxygen atoms in total. The lowest BCUT2D eigenvalue weighted by Gasteiger charge is -2.31. The summed E-state index contributed by atoms with van der Waals surface area (Å²) in [5.74, 6) is 1.45. The molecule has 2 atom stereocenters. The van der Waals surface area contributed by atoms with Crippen LogP contribution in [0.4, 0.5) is 5.82 Å². The van der Waals surface area contributed by atoms with Gasteiger partial charge >= 0.3 is 0 Å². The molecule has 4 rings (SSSR count). The first-order chi connectivity index (χ1) is 14.0. The molecule has 29 heavy (non-hydrogen) atoms. The summed E-state index contributed by atoms with van der Waals surface area (Å²) in [6, 6.07) is 8.08. The van der Waals surface area contributed by atoms with Gasteiger partial charge in [-0.1, -0.05) is 44.0 Å². The van der Waals surface area contributed by atoms with Gasteiger partial charge in [-0.15, -0.1) is 11.3 Å². The Labute approximate surface area is 186 Å². The molecule has 6 heteroatoms. The molecule has 0 spiro atoms. The smallest absolute Gasteiger partial charge is 0.148 e. The molecule has 2 aromatic heterocycles. The van der Waals surface area contributed by atoms with Crippen LogP contribution in [0.5, 0.6) is 0 Å². The van der Waals surface area contributed by atoms with E-state index < -0.39 is 0 Å². The third-order valence-corrected chi connectivity index (χ3v) is 7.24. The van der Waals surface area contributed by atoms with E-state index in [2.05, 4.69) is 37.5 Å². The number of rotatable bonds is 5. The van der Waals surface area contributed by atoms with Gasteiger partial charge in [0.05, 0.1) is 28.1 Å². The molecule has 2 heterocycles. The number of hydrogen-bond donors (Lipinski definition) is 1. The Kier molecular flexibility index (Phi) is 6.14. The molecule has 0 saturated heterocycles. The number of hydrogen-bond acceptors (Lipinski definition) is 4. The minimum absolute atomic E-state index is 0.277. The van der Waals surface area contributed by atoms with Crippen LogP contribution in [0, 0.1) is 5.92 Å². The van der Waals surface area contributed by atoms with Crippen molar-refractivity contribution < 1.29 is 0 Å². The van der Waals surface area contributed by atoms with E-state index in [9.17, 15) is 0 Å². The van der Waals surface area contributed by atoms with Crippen molar-refractivity contribution in [3.05, 3.63) is 61.5 Å². The molecule has 1 aliphatic rings. The fourth-order valence-corrected chi connectivity index (χ4v) is 5.48. The minimum Gasteiger partial charge on any atom is -0.361 e. The highest BCUT2D eigenvalue weighted by molar-refractivity contribution is 7.10. The number of aryl methyl sites for hydroxylation is 3. The van der Waals surface area contributed by atoms with E-state index in [1.165, 1.54) is 23.3 Å². The molecule has 0 saturated carbocycles. The third kappa shape index (κ3) is 4.03. The zero-order valence-corrected chi connectivity index (χ0v) is 19.3. The largest absolute Gasteiger partial charge is 0.361 e. The number of halogens is 2. The SMILES string of the molecule is CCc1nc(-c2ccc(Cl)cc2Cl)c(CC)nc1N[C@H]1c2ccsc2CC[C@@H]1C. The average molecular weight is 446 g/mol. The van der Waals surface area contributed by atoms with Gasteiger partial charge in [-0.25, -0.2) is 9.97 Å². The lowest BCUT2D eigenvalue weighted by Crippen LogP contribution is -2.25. The van der Waals surface area contributed by atoms with Crippen molar-refractivity contribution in [2.75, 3.05) is 5.32 Å². The van der Waals surface area contributed by atoms with Gasteiger partial charge in [-0.2, -0.15) is 0 Å². The minimum atomic E-state index is 0.277. The number of anilines is 1. The number of benzene rings is 1. The van der Waals surface area contributed by atoms with E-state index in [0.29, 0.717) is 16.0 Å². The van der Waals surface area contributed by atoms with E-state index in [1.54, 1.807) is 6.07 Å². The molecular formula is C23H25Cl2N3S. The summed E-state index contributed by atoms with van der Waals surface area (Å²) in [4.78, 5) is 11.5. The molecule has 0 fully saturated rings. The van der Waals surface area contributed by atoms with Crippen LogP contribution in [0.15, 0.2) is 29.6 Å². The second kappa shape index (κ2) is 8.63. The summed E-state index contributed by atoms with van der Waals surface area (Å²) < 4.78 is 0. The van der Waals surface area contributed by atoms with E-state index in [4.69, 9.17) is 33.2 Å². The summed E-state index contributed by atoms with van der Waals surface area (Å²) in [7, 11) is 0. The van der Waals surface area contributed by atoms with Gasteiger partial charge in [0.2, 0.25) is 0 Å². The first-order valence-corrected chi connectivity index (χ1v) is 11.8. The van der Waals surface area contributed by atoms with Gasteiger partial charge in [0.15, 0.2) is 0 Å². The Hall–Kier alpha value is -1.62. The topological polar surface area (TPSA) is 37.8 Å².